The van der Waals surface area contributed by atoms with Gasteiger partial charge in [0.05, 0.1) is 5.59 Å². The third kappa shape index (κ3) is 1.19. The van der Waals surface area contributed by atoms with E-state index in [0.717, 1.165) is 0 Å². The SMILES string of the molecule is CBc1nnc2cc3c(cc2c1O)OCO3. The Kier molecular flexibility index (Phi) is 1.89. The van der Waals surface area contributed by atoms with Gasteiger partial charge in [-0.3, -0.25) is 0 Å². The Hall–Kier alpha value is -1.98. The average Bonchev–Trinajstić information content (AvgIpc) is 2.74. The smallest absolute Gasteiger partial charge is 0.231 e. The third-order valence-corrected chi connectivity index (χ3v) is 2.63. The monoisotopic (exact) mass is 216 g/mol. The van der Waals surface area contributed by atoms with E-state index in [1.165, 1.54) is 0 Å². The Balaban J connectivity index is 2.32. The number of hydrogen-bond donors (Lipinski definition) is 1. The van der Waals surface area contributed by atoms with Gasteiger partial charge in [0.25, 0.3) is 0 Å². The highest BCUT2D eigenvalue weighted by molar-refractivity contribution is 6.52. The van der Waals surface area contributed by atoms with Crippen molar-refractivity contribution in [2.75, 3.05) is 6.79 Å². The molecule has 6 heteroatoms. The molecular weight excluding hydrogens is 207 g/mol. The summed E-state index contributed by atoms with van der Waals surface area (Å²) in [5.41, 5.74) is 1.20. The number of rotatable bonds is 1. The van der Waals surface area contributed by atoms with Crippen LogP contribution in [-0.4, -0.2) is 29.4 Å². The largest absolute Gasteiger partial charge is 0.506 e. The maximum atomic E-state index is 9.98. The predicted molar refractivity (Wildman–Crippen MR) is 60.0 cm³/mol. The minimum Gasteiger partial charge on any atom is -0.506 e. The molecule has 0 amide bonds. The van der Waals surface area contributed by atoms with E-state index in [4.69, 9.17) is 9.47 Å². The van der Waals surface area contributed by atoms with E-state index >= 15 is 0 Å². The molecule has 0 spiro atoms. The van der Waals surface area contributed by atoms with Crippen molar-refractivity contribution < 1.29 is 14.6 Å². The van der Waals surface area contributed by atoms with Crippen LogP contribution in [0.5, 0.6) is 17.2 Å². The molecule has 0 bridgehead atoms. The molecule has 2 aromatic rings. The zero-order chi connectivity index (χ0) is 11.1. The first-order chi connectivity index (χ1) is 7.79. The summed E-state index contributed by atoms with van der Waals surface area (Å²) in [5, 5.41) is 18.6. The van der Waals surface area contributed by atoms with Gasteiger partial charge in [0, 0.05) is 11.5 Å². The summed E-state index contributed by atoms with van der Waals surface area (Å²) < 4.78 is 10.5. The molecule has 0 saturated carbocycles. The van der Waals surface area contributed by atoms with Crippen LogP contribution >= 0.6 is 0 Å². The molecule has 0 atom stereocenters. The van der Waals surface area contributed by atoms with Gasteiger partial charge in [0.15, 0.2) is 18.8 Å². The Morgan fingerprint density at radius 3 is 2.75 bits per heavy atom. The van der Waals surface area contributed by atoms with Crippen molar-refractivity contribution in [1.82, 2.24) is 10.2 Å². The molecule has 0 unspecified atom stereocenters. The number of nitrogens with zero attached hydrogens (tertiary/aromatic N) is 2. The molecule has 1 aromatic heterocycles. The zero-order valence-electron chi connectivity index (χ0n) is 8.73. The molecule has 16 heavy (non-hydrogen) atoms. The second kappa shape index (κ2) is 3.26. The fraction of sp³-hybridized carbons (Fsp3) is 0.200. The van der Waals surface area contributed by atoms with Crippen molar-refractivity contribution in [1.29, 1.82) is 0 Å². The maximum Gasteiger partial charge on any atom is 0.231 e. The summed E-state index contributed by atoms with van der Waals surface area (Å²) >= 11 is 0. The lowest BCUT2D eigenvalue weighted by molar-refractivity contribution is 0.174. The van der Waals surface area contributed by atoms with Crippen molar-refractivity contribution in [2.45, 2.75) is 6.82 Å². The zero-order valence-corrected chi connectivity index (χ0v) is 8.73. The van der Waals surface area contributed by atoms with Crippen LogP contribution in [0.3, 0.4) is 0 Å². The average molecular weight is 216 g/mol. The summed E-state index contributed by atoms with van der Waals surface area (Å²) in [5.74, 6) is 1.45. The molecule has 5 nitrogen and oxygen atoms in total. The Morgan fingerprint density at radius 1 is 1.25 bits per heavy atom. The standard InChI is InChI=1S/C10H9BN2O3/c1-11-10-9(14)5-2-7-8(16-4-15-7)3-6(5)12-13-10/h2-3,11H,4H2,1H3,(H,12,14). The van der Waals surface area contributed by atoms with Gasteiger partial charge >= 0.3 is 0 Å². The van der Waals surface area contributed by atoms with E-state index in [1.54, 1.807) is 12.1 Å². The van der Waals surface area contributed by atoms with Crippen LogP contribution in [0.15, 0.2) is 12.1 Å². The van der Waals surface area contributed by atoms with Gasteiger partial charge in [0.1, 0.15) is 11.3 Å². The van der Waals surface area contributed by atoms with Crippen molar-refractivity contribution in [2.24, 2.45) is 0 Å². The van der Waals surface area contributed by atoms with Crippen LogP contribution in [-0.2, 0) is 0 Å². The Bertz CT molecular complexity index is 573. The quantitative estimate of drug-likeness (QED) is 0.688. The molecule has 1 aliphatic heterocycles. The van der Waals surface area contributed by atoms with E-state index in [2.05, 4.69) is 10.2 Å². The van der Waals surface area contributed by atoms with E-state index in [1.807, 2.05) is 6.82 Å². The molecule has 80 valence electrons. The highest BCUT2D eigenvalue weighted by Gasteiger charge is 2.17. The lowest BCUT2D eigenvalue weighted by atomic mass is 9.77. The summed E-state index contributed by atoms with van der Waals surface area (Å²) in [4.78, 5) is 0. The molecule has 0 saturated heterocycles. The number of hydrogen-bond acceptors (Lipinski definition) is 5. The van der Waals surface area contributed by atoms with E-state index in [0.29, 0.717) is 35.3 Å². The number of fused-ring (bicyclic) bond motifs is 2. The van der Waals surface area contributed by atoms with Gasteiger partial charge in [-0.05, 0) is 6.07 Å². The van der Waals surface area contributed by atoms with Crippen LogP contribution in [0.4, 0.5) is 0 Å². The van der Waals surface area contributed by atoms with Gasteiger partial charge in [-0.1, -0.05) is 6.82 Å². The van der Waals surface area contributed by atoms with Crippen LogP contribution in [0, 0.1) is 0 Å². The van der Waals surface area contributed by atoms with Gasteiger partial charge < -0.3 is 14.6 Å². The van der Waals surface area contributed by atoms with Crippen LogP contribution in [0.25, 0.3) is 10.9 Å². The molecular formula is C10H9BN2O3. The second-order valence-corrected chi connectivity index (χ2v) is 3.57. The molecule has 2 heterocycles. The number of aromatic hydroxyl groups is 1. The van der Waals surface area contributed by atoms with Crippen molar-refractivity contribution in [3.63, 3.8) is 0 Å². The van der Waals surface area contributed by atoms with Crippen molar-refractivity contribution in [3.05, 3.63) is 12.1 Å². The molecule has 0 radical (unpaired) electrons. The van der Waals surface area contributed by atoms with E-state index < -0.39 is 0 Å². The van der Waals surface area contributed by atoms with Crippen molar-refractivity contribution >= 4 is 23.8 Å². The van der Waals surface area contributed by atoms with Gasteiger partial charge in [-0.15, -0.1) is 0 Å². The Morgan fingerprint density at radius 2 is 2.00 bits per heavy atom. The molecule has 1 aliphatic rings. The molecule has 1 aromatic carbocycles. The first kappa shape index (κ1) is 9.27. The first-order valence-corrected chi connectivity index (χ1v) is 5.07. The molecule has 3 rings (SSSR count). The summed E-state index contributed by atoms with van der Waals surface area (Å²) in [6.45, 7) is 2.13. The number of aromatic nitrogens is 2. The molecule has 0 aliphatic carbocycles. The lowest BCUT2D eigenvalue weighted by Crippen LogP contribution is -2.17. The summed E-state index contributed by atoms with van der Waals surface area (Å²) in [6.07, 6.45) is 0. The van der Waals surface area contributed by atoms with Crippen LogP contribution < -0.4 is 15.1 Å². The lowest BCUT2D eigenvalue weighted by Gasteiger charge is -2.04. The van der Waals surface area contributed by atoms with Gasteiger partial charge in [-0.25, -0.2) is 0 Å². The van der Waals surface area contributed by atoms with Crippen LogP contribution in [0.2, 0.25) is 6.82 Å². The number of ether oxygens (including phenoxy) is 2. The number of benzene rings is 1. The van der Waals surface area contributed by atoms with Crippen molar-refractivity contribution in [3.8, 4) is 17.2 Å². The Labute approximate surface area is 92.3 Å². The highest BCUT2D eigenvalue weighted by atomic mass is 16.7. The van der Waals surface area contributed by atoms with Gasteiger partial charge in [-0.2, -0.15) is 10.2 Å². The minimum absolute atomic E-state index is 0.172. The van der Waals surface area contributed by atoms with E-state index in [9.17, 15) is 5.11 Å². The molecule has 0 fully saturated rings. The third-order valence-electron chi connectivity index (χ3n) is 2.63. The van der Waals surface area contributed by atoms with E-state index in [-0.39, 0.29) is 12.5 Å². The highest BCUT2D eigenvalue weighted by Crippen LogP contribution is 2.37. The van der Waals surface area contributed by atoms with Crippen LogP contribution in [0.1, 0.15) is 0 Å². The molecule has 1 N–H and O–H groups in total. The normalized spacial score (nSPS) is 13.1. The summed E-state index contributed by atoms with van der Waals surface area (Å²) in [7, 11) is 0.642. The fourth-order valence-corrected chi connectivity index (χ4v) is 1.76. The maximum absolute atomic E-state index is 9.98. The summed E-state index contributed by atoms with van der Waals surface area (Å²) in [6, 6.07) is 3.46. The minimum atomic E-state index is 0.172. The van der Waals surface area contributed by atoms with Gasteiger partial charge in [0.2, 0.25) is 6.79 Å². The second-order valence-electron chi connectivity index (χ2n) is 3.57. The topological polar surface area (TPSA) is 64.5 Å². The fourth-order valence-electron chi connectivity index (χ4n) is 1.76. The predicted octanol–water partition coefficient (Wildman–Crippen LogP) is 0.174. The first-order valence-electron chi connectivity index (χ1n) is 5.07.